The second-order valence-electron chi connectivity index (χ2n) is 9.38. The summed E-state index contributed by atoms with van der Waals surface area (Å²) in [7, 11) is 1.80. The molecule has 0 aliphatic carbocycles. The van der Waals surface area contributed by atoms with Gasteiger partial charge >= 0.3 is 0 Å². The number of amides is 1. The fraction of sp³-hybridized carbons (Fsp3) is 0.375. The van der Waals surface area contributed by atoms with Crippen molar-refractivity contribution in [1.29, 1.82) is 0 Å². The minimum Gasteiger partial charge on any atom is -0.353 e. The molecule has 0 aliphatic heterocycles. The highest BCUT2D eigenvalue weighted by Crippen LogP contribution is 2.31. The molecule has 0 unspecified atom stereocenters. The lowest BCUT2D eigenvalue weighted by molar-refractivity contribution is -0.118. The third kappa shape index (κ3) is 4.55. The Labute approximate surface area is 182 Å². The first-order chi connectivity index (χ1) is 14.7. The average Bonchev–Trinajstić information content (AvgIpc) is 3.44. The lowest BCUT2D eigenvalue weighted by Gasteiger charge is -2.18. The maximum atomic E-state index is 12.6. The van der Waals surface area contributed by atoms with Crippen molar-refractivity contribution in [3.05, 3.63) is 54.2 Å². The van der Waals surface area contributed by atoms with Gasteiger partial charge in [0.15, 0.2) is 0 Å². The molecule has 0 saturated carbocycles. The quantitative estimate of drug-likeness (QED) is 0.476. The summed E-state index contributed by atoms with van der Waals surface area (Å²) in [6, 6.07) is 8.16. The summed E-state index contributed by atoms with van der Waals surface area (Å²) in [6.07, 6.45) is 7.18. The minimum absolute atomic E-state index is 0.00322. The number of carbonyl (C=O) groups is 1. The lowest BCUT2D eigenvalue weighted by atomic mass is 9.88. The Balaban J connectivity index is 1.59. The zero-order valence-electron chi connectivity index (χ0n) is 18.9. The van der Waals surface area contributed by atoms with Gasteiger partial charge < -0.3 is 14.5 Å². The Morgan fingerprint density at radius 3 is 2.74 bits per heavy atom. The number of imidazole rings is 1. The van der Waals surface area contributed by atoms with Gasteiger partial charge in [0.2, 0.25) is 5.91 Å². The molecule has 31 heavy (non-hydrogen) atoms. The number of H-pyrrole nitrogens is 2. The number of aromatic nitrogens is 5. The molecule has 2 N–H and O–H groups in total. The van der Waals surface area contributed by atoms with Gasteiger partial charge in [-0.05, 0) is 43.4 Å². The van der Waals surface area contributed by atoms with Crippen LogP contribution in [-0.4, -0.2) is 37.7 Å². The molecule has 0 radical (unpaired) electrons. The topological polar surface area (TPSA) is 82.6 Å². The number of nitrogens with one attached hydrogen (secondary N) is 2. The van der Waals surface area contributed by atoms with Gasteiger partial charge in [-0.3, -0.25) is 9.89 Å². The summed E-state index contributed by atoms with van der Waals surface area (Å²) in [6.45, 7) is 9.12. The molecule has 7 heteroatoms. The van der Waals surface area contributed by atoms with Crippen LogP contribution in [0.25, 0.3) is 22.3 Å². The van der Waals surface area contributed by atoms with Gasteiger partial charge in [-0.1, -0.05) is 26.8 Å². The molecule has 3 heterocycles. The Morgan fingerprint density at radius 1 is 1.23 bits per heavy atom. The second kappa shape index (κ2) is 8.06. The molecule has 162 valence electrons. The molecular weight excluding hydrogens is 388 g/mol. The number of hydrogen-bond acceptors (Lipinski definition) is 3. The Hall–Kier alpha value is -3.35. The van der Waals surface area contributed by atoms with Crippen molar-refractivity contribution < 1.29 is 4.79 Å². The number of fused-ring (bicyclic) bond motifs is 1. The number of anilines is 1. The van der Waals surface area contributed by atoms with E-state index < -0.39 is 0 Å². The predicted molar refractivity (Wildman–Crippen MR) is 124 cm³/mol. The molecule has 0 saturated heterocycles. The van der Waals surface area contributed by atoms with Crippen LogP contribution in [0.1, 0.15) is 38.4 Å². The lowest BCUT2D eigenvalue weighted by Crippen LogP contribution is -2.29. The predicted octanol–water partition coefficient (Wildman–Crippen LogP) is 4.70. The van der Waals surface area contributed by atoms with Crippen LogP contribution in [0.5, 0.6) is 0 Å². The Kier molecular flexibility index (Phi) is 5.43. The van der Waals surface area contributed by atoms with Crippen LogP contribution in [0.15, 0.2) is 43.0 Å². The van der Waals surface area contributed by atoms with E-state index in [9.17, 15) is 4.79 Å². The van der Waals surface area contributed by atoms with E-state index in [1.807, 2.05) is 18.2 Å². The fourth-order valence-corrected chi connectivity index (χ4v) is 3.72. The van der Waals surface area contributed by atoms with E-state index in [-0.39, 0.29) is 17.9 Å². The van der Waals surface area contributed by atoms with Gasteiger partial charge in [0, 0.05) is 47.3 Å². The first kappa shape index (κ1) is 20.9. The number of aryl methyl sites for hydroxylation is 1. The van der Waals surface area contributed by atoms with E-state index in [4.69, 9.17) is 0 Å². The summed E-state index contributed by atoms with van der Waals surface area (Å²) in [5, 5.41) is 8.83. The number of benzene rings is 1. The largest absolute Gasteiger partial charge is 0.353 e. The van der Waals surface area contributed by atoms with Crippen molar-refractivity contribution in [2.45, 2.75) is 47.1 Å². The summed E-state index contributed by atoms with van der Waals surface area (Å²) < 4.78 is 1.77. The van der Waals surface area contributed by atoms with Crippen LogP contribution < -0.4 is 4.90 Å². The molecule has 4 aromatic rings. The van der Waals surface area contributed by atoms with Crippen molar-refractivity contribution >= 4 is 22.5 Å². The number of rotatable bonds is 6. The van der Waals surface area contributed by atoms with Crippen LogP contribution in [0.3, 0.4) is 0 Å². The van der Waals surface area contributed by atoms with Crippen LogP contribution in [0.4, 0.5) is 5.69 Å². The third-order valence-electron chi connectivity index (χ3n) is 5.70. The molecule has 7 nitrogen and oxygen atoms in total. The summed E-state index contributed by atoms with van der Waals surface area (Å²) in [5.41, 5.74) is 6.44. The molecular formula is C24H30N6O. The highest BCUT2D eigenvalue weighted by atomic mass is 16.2. The highest BCUT2D eigenvalue weighted by molar-refractivity contribution is 5.96. The minimum atomic E-state index is -0.00322. The van der Waals surface area contributed by atoms with Crippen LogP contribution >= 0.6 is 0 Å². The number of aromatic amines is 2. The van der Waals surface area contributed by atoms with Gasteiger partial charge in [-0.25, -0.2) is 4.98 Å². The first-order valence-corrected chi connectivity index (χ1v) is 10.6. The van der Waals surface area contributed by atoms with E-state index in [0.717, 1.165) is 46.5 Å². The van der Waals surface area contributed by atoms with Crippen molar-refractivity contribution in [3.63, 3.8) is 0 Å². The second-order valence-corrected chi connectivity index (χ2v) is 9.38. The monoisotopic (exact) mass is 418 g/mol. The molecule has 0 spiro atoms. The van der Waals surface area contributed by atoms with Gasteiger partial charge in [0.1, 0.15) is 12.2 Å². The summed E-state index contributed by atoms with van der Waals surface area (Å²) >= 11 is 0. The number of hydrogen-bond donors (Lipinski definition) is 2. The van der Waals surface area contributed by atoms with Gasteiger partial charge in [0.25, 0.3) is 0 Å². The SMILES string of the molecule is Cc1[nH]nc(-c2cc3ccc(N(C)C(=O)Cn4ccnc4)cc3[nH]2)c1CCC(C)(C)C. The van der Waals surface area contributed by atoms with E-state index in [0.29, 0.717) is 0 Å². The first-order valence-electron chi connectivity index (χ1n) is 10.6. The van der Waals surface area contributed by atoms with Crippen molar-refractivity contribution in [1.82, 2.24) is 24.7 Å². The molecule has 0 bridgehead atoms. The maximum absolute atomic E-state index is 12.6. The smallest absolute Gasteiger partial charge is 0.246 e. The van der Waals surface area contributed by atoms with Crippen LogP contribution in [-0.2, 0) is 17.8 Å². The van der Waals surface area contributed by atoms with E-state index in [1.165, 1.54) is 5.56 Å². The third-order valence-corrected chi connectivity index (χ3v) is 5.70. The van der Waals surface area contributed by atoms with Gasteiger partial charge in [-0.15, -0.1) is 0 Å². The van der Waals surface area contributed by atoms with E-state index in [2.05, 4.69) is 53.9 Å². The van der Waals surface area contributed by atoms with Crippen LogP contribution in [0, 0.1) is 12.3 Å². The number of likely N-dealkylation sites (N-methyl/N-ethyl adjacent to an activating group) is 1. The van der Waals surface area contributed by atoms with Crippen molar-refractivity contribution in [3.8, 4) is 11.4 Å². The molecule has 1 amide bonds. The number of nitrogens with zero attached hydrogens (tertiary/aromatic N) is 4. The van der Waals surface area contributed by atoms with Crippen molar-refractivity contribution in [2.75, 3.05) is 11.9 Å². The average molecular weight is 419 g/mol. The fourth-order valence-electron chi connectivity index (χ4n) is 3.72. The molecule has 0 atom stereocenters. The molecule has 0 fully saturated rings. The van der Waals surface area contributed by atoms with Gasteiger partial charge in [-0.2, -0.15) is 5.10 Å². The normalized spacial score (nSPS) is 11.9. The van der Waals surface area contributed by atoms with Gasteiger partial charge in [0.05, 0.1) is 12.0 Å². The zero-order valence-corrected chi connectivity index (χ0v) is 18.9. The Morgan fingerprint density at radius 2 is 2.03 bits per heavy atom. The highest BCUT2D eigenvalue weighted by Gasteiger charge is 2.18. The summed E-state index contributed by atoms with van der Waals surface area (Å²) in [4.78, 5) is 21.8. The molecule has 1 aromatic carbocycles. The maximum Gasteiger partial charge on any atom is 0.246 e. The zero-order chi connectivity index (χ0) is 22.2. The van der Waals surface area contributed by atoms with E-state index >= 15 is 0 Å². The standard InChI is InChI=1S/C24H30N6O/c1-16-19(8-9-24(2,3)4)23(28-27-16)21-12-17-6-7-18(13-20(17)26-21)29(5)22(31)14-30-11-10-25-15-30/h6-7,10-13,15,26H,8-9,14H2,1-5H3,(H,27,28). The van der Waals surface area contributed by atoms with Crippen LogP contribution in [0.2, 0.25) is 0 Å². The number of carbonyl (C=O) groups excluding carboxylic acids is 1. The van der Waals surface area contributed by atoms with Crippen molar-refractivity contribution in [2.24, 2.45) is 5.41 Å². The van der Waals surface area contributed by atoms with E-state index in [1.54, 1.807) is 35.2 Å². The summed E-state index contributed by atoms with van der Waals surface area (Å²) in [5.74, 6) is -0.00322. The molecule has 3 aromatic heterocycles. The molecule has 4 rings (SSSR count). The molecule has 0 aliphatic rings. The Bertz CT molecular complexity index is 1190.